The average Bonchev–Trinajstić information content (AvgIpc) is 3.37. The van der Waals surface area contributed by atoms with Crippen molar-refractivity contribution >= 4 is 5.91 Å². The van der Waals surface area contributed by atoms with Crippen molar-refractivity contribution < 1.29 is 9.53 Å². The second-order valence-electron chi connectivity index (χ2n) is 7.33. The van der Waals surface area contributed by atoms with E-state index < -0.39 is 0 Å². The lowest BCUT2D eigenvalue weighted by molar-refractivity contribution is -0.138. The van der Waals surface area contributed by atoms with Crippen molar-refractivity contribution in [3.63, 3.8) is 0 Å². The van der Waals surface area contributed by atoms with Gasteiger partial charge in [0.15, 0.2) is 0 Å². The summed E-state index contributed by atoms with van der Waals surface area (Å²) < 4.78 is 5.45. The predicted molar refractivity (Wildman–Crippen MR) is 98.3 cm³/mol. The maximum Gasteiger partial charge on any atom is 0.226 e. The number of ether oxygens (including phenoxy) is 1. The number of methoxy groups -OCH3 is 1. The molecule has 1 amide bonds. The van der Waals surface area contributed by atoms with Gasteiger partial charge in [0.25, 0.3) is 0 Å². The van der Waals surface area contributed by atoms with Gasteiger partial charge in [-0.1, -0.05) is 0 Å². The molecule has 2 aromatic heterocycles. The summed E-state index contributed by atoms with van der Waals surface area (Å²) in [6.45, 7) is 0.836. The molecule has 1 atom stereocenters. The molecule has 1 aliphatic carbocycles. The van der Waals surface area contributed by atoms with Crippen molar-refractivity contribution in [2.75, 3.05) is 13.7 Å². The van der Waals surface area contributed by atoms with Gasteiger partial charge < -0.3 is 9.64 Å². The Kier molecular flexibility index (Phi) is 5.02. The van der Waals surface area contributed by atoms with E-state index in [1.165, 1.54) is 0 Å². The Balaban J connectivity index is 1.53. The van der Waals surface area contributed by atoms with Gasteiger partial charge in [-0.25, -0.2) is 0 Å². The lowest BCUT2D eigenvalue weighted by Crippen LogP contribution is -2.38. The fraction of sp³-hybridized carbons (Fsp3) is 0.550. The fourth-order valence-electron chi connectivity index (χ4n) is 4.42. The first kappa shape index (κ1) is 17.2. The highest BCUT2D eigenvalue weighted by Gasteiger charge is 2.37. The monoisotopic (exact) mass is 354 g/mol. The van der Waals surface area contributed by atoms with Crippen LogP contribution in [0.1, 0.15) is 50.3 Å². The number of nitrogens with one attached hydrogen (secondary N) is 1. The topological polar surface area (TPSA) is 71.1 Å². The summed E-state index contributed by atoms with van der Waals surface area (Å²) in [6, 6.07) is 4.07. The fourth-order valence-corrected chi connectivity index (χ4v) is 4.42. The summed E-state index contributed by atoms with van der Waals surface area (Å²) in [6.07, 6.45) is 11.6. The quantitative estimate of drug-likeness (QED) is 0.914. The van der Waals surface area contributed by atoms with E-state index in [4.69, 9.17) is 4.74 Å². The number of carbonyl (C=O) groups excluding carboxylic acids is 1. The number of carbonyl (C=O) groups is 1. The van der Waals surface area contributed by atoms with E-state index in [2.05, 4.69) is 20.1 Å². The molecule has 6 nitrogen and oxygen atoms in total. The number of aromatic nitrogens is 3. The molecule has 138 valence electrons. The summed E-state index contributed by atoms with van der Waals surface area (Å²) >= 11 is 0. The molecular formula is C20H26N4O2. The number of aromatic amines is 1. The molecule has 1 aliphatic heterocycles. The first-order valence-corrected chi connectivity index (χ1v) is 9.55. The van der Waals surface area contributed by atoms with Crippen LogP contribution < -0.4 is 0 Å². The van der Waals surface area contributed by atoms with Crippen LogP contribution >= 0.6 is 0 Å². The van der Waals surface area contributed by atoms with Gasteiger partial charge >= 0.3 is 0 Å². The largest absolute Gasteiger partial charge is 0.381 e. The van der Waals surface area contributed by atoms with Crippen LogP contribution in [0.4, 0.5) is 0 Å². The van der Waals surface area contributed by atoms with E-state index in [1.54, 1.807) is 19.5 Å². The smallest absolute Gasteiger partial charge is 0.226 e. The molecule has 1 N–H and O–H groups in total. The van der Waals surface area contributed by atoms with Gasteiger partial charge in [0.05, 0.1) is 24.0 Å². The molecule has 0 spiro atoms. The van der Waals surface area contributed by atoms with Gasteiger partial charge in [-0.3, -0.25) is 14.9 Å². The molecule has 1 saturated carbocycles. The van der Waals surface area contributed by atoms with Crippen LogP contribution in [0.25, 0.3) is 11.1 Å². The van der Waals surface area contributed by atoms with E-state index in [0.717, 1.165) is 61.9 Å². The van der Waals surface area contributed by atoms with Crippen LogP contribution in [0.3, 0.4) is 0 Å². The molecule has 6 heteroatoms. The molecular weight excluding hydrogens is 328 g/mol. The normalized spacial score (nSPS) is 26.2. The van der Waals surface area contributed by atoms with Crippen LogP contribution in [-0.2, 0) is 9.53 Å². The first-order chi connectivity index (χ1) is 12.8. The summed E-state index contributed by atoms with van der Waals surface area (Å²) in [5, 5.41) is 7.44. The first-order valence-electron chi connectivity index (χ1n) is 9.55. The molecule has 0 unspecified atom stereocenters. The third-order valence-electron chi connectivity index (χ3n) is 5.89. The zero-order chi connectivity index (χ0) is 17.9. The Labute approximate surface area is 154 Å². The van der Waals surface area contributed by atoms with Crippen LogP contribution in [0, 0.1) is 5.92 Å². The third kappa shape index (κ3) is 3.26. The van der Waals surface area contributed by atoms with Crippen LogP contribution in [-0.4, -0.2) is 45.7 Å². The molecule has 0 aromatic carbocycles. The van der Waals surface area contributed by atoms with Crippen LogP contribution in [0.5, 0.6) is 0 Å². The van der Waals surface area contributed by atoms with E-state index in [0.29, 0.717) is 12.0 Å². The van der Waals surface area contributed by atoms with Crippen LogP contribution in [0.2, 0.25) is 0 Å². The van der Waals surface area contributed by atoms with Gasteiger partial charge in [0.1, 0.15) is 0 Å². The van der Waals surface area contributed by atoms with E-state index in [1.807, 2.05) is 18.3 Å². The number of rotatable bonds is 4. The van der Waals surface area contributed by atoms with Crippen molar-refractivity contribution in [3.05, 3.63) is 36.4 Å². The minimum Gasteiger partial charge on any atom is -0.381 e. The Morgan fingerprint density at radius 3 is 2.69 bits per heavy atom. The number of hydrogen-bond acceptors (Lipinski definition) is 4. The van der Waals surface area contributed by atoms with Crippen molar-refractivity contribution in [2.24, 2.45) is 5.92 Å². The minimum atomic E-state index is 0.0910. The van der Waals surface area contributed by atoms with Crippen molar-refractivity contribution in [1.29, 1.82) is 0 Å². The highest BCUT2D eigenvalue weighted by Crippen LogP contribution is 2.38. The summed E-state index contributed by atoms with van der Waals surface area (Å²) in [5.41, 5.74) is 3.21. The van der Waals surface area contributed by atoms with Gasteiger partial charge in [-0.05, 0) is 56.2 Å². The van der Waals surface area contributed by atoms with Gasteiger partial charge in [-0.2, -0.15) is 5.10 Å². The van der Waals surface area contributed by atoms with Crippen molar-refractivity contribution in [1.82, 2.24) is 20.1 Å². The van der Waals surface area contributed by atoms with Crippen molar-refractivity contribution in [3.8, 4) is 11.1 Å². The highest BCUT2D eigenvalue weighted by molar-refractivity contribution is 5.80. The molecule has 4 rings (SSSR count). The van der Waals surface area contributed by atoms with Gasteiger partial charge in [0.2, 0.25) is 5.91 Å². The average molecular weight is 354 g/mol. The van der Waals surface area contributed by atoms with Gasteiger partial charge in [-0.15, -0.1) is 0 Å². The maximum atomic E-state index is 13.2. The van der Waals surface area contributed by atoms with Crippen LogP contribution in [0.15, 0.2) is 30.7 Å². The Hall–Kier alpha value is -2.21. The molecule has 0 radical (unpaired) electrons. The number of H-pyrrole nitrogens is 1. The van der Waals surface area contributed by atoms with E-state index in [9.17, 15) is 4.79 Å². The summed E-state index contributed by atoms with van der Waals surface area (Å²) in [7, 11) is 1.77. The SMILES string of the molecule is COC1CCC(C(=O)N2CCC[C@H]2c2[nH]ncc2-c2ccncc2)CC1. The maximum absolute atomic E-state index is 13.2. The number of likely N-dealkylation sites (tertiary alicyclic amines) is 1. The second kappa shape index (κ2) is 7.58. The minimum absolute atomic E-state index is 0.0910. The van der Waals surface area contributed by atoms with E-state index in [-0.39, 0.29) is 12.0 Å². The highest BCUT2D eigenvalue weighted by atomic mass is 16.5. The van der Waals surface area contributed by atoms with Gasteiger partial charge in [0, 0.05) is 37.5 Å². The molecule has 2 fully saturated rings. The Morgan fingerprint density at radius 1 is 1.19 bits per heavy atom. The lowest BCUT2D eigenvalue weighted by Gasteiger charge is -2.32. The number of pyridine rings is 1. The molecule has 2 aliphatic rings. The number of amides is 1. The molecule has 0 bridgehead atoms. The molecule has 26 heavy (non-hydrogen) atoms. The number of hydrogen-bond donors (Lipinski definition) is 1. The number of nitrogens with zero attached hydrogens (tertiary/aromatic N) is 3. The van der Waals surface area contributed by atoms with E-state index >= 15 is 0 Å². The Bertz CT molecular complexity index is 737. The zero-order valence-electron chi connectivity index (χ0n) is 15.2. The standard InChI is InChI=1S/C20H26N4O2/c1-26-16-6-4-15(5-7-16)20(25)24-12-2-3-18(24)19-17(13-22-23-19)14-8-10-21-11-9-14/h8-11,13,15-16,18H,2-7,12H2,1H3,(H,22,23)/t15?,16?,18-/m0/s1. The summed E-state index contributed by atoms with van der Waals surface area (Å²) in [4.78, 5) is 19.4. The Morgan fingerprint density at radius 2 is 1.96 bits per heavy atom. The summed E-state index contributed by atoms with van der Waals surface area (Å²) in [5.74, 6) is 0.437. The van der Waals surface area contributed by atoms with Crippen molar-refractivity contribution in [2.45, 2.75) is 50.7 Å². The molecule has 2 aromatic rings. The lowest BCUT2D eigenvalue weighted by atomic mass is 9.86. The zero-order valence-corrected chi connectivity index (χ0v) is 15.2. The predicted octanol–water partition coefficient (Wildman–Crippen LogP) is 3.34. The second-order valence-corrected chi connectivity index (χ2v) is 7.33. The molecule has 3 heterocycles. The molecule has 1 saturated heterocycles. The third-order valence-corrected chi connectivity index (χ3v) is 5.89.